The molecule has 0 heterocycles. The fourth-order valence-electron chi connectivity index (χ4n) is 1.08. The normalized spacial score (nSPS) is 11.7. The molecule has 0 saturated carbocycles. The Labute approximate surface area is 86.8 Å². The van der Waals surface area contributed by atoms with Crippen LogP contribution in [0.2, 0.25) is 0 Å². The minimum atomic E-state index is -3.79. The van der Waals surface area contributed by atoms with Gasteiger partial charge in [-0.15, -0.1) is 0 Å². The second-order valence-corrected chi connectivity index (χ2v) is 4.80. The molecule has 1 aromatic rings. The van der Waals surface area contributed by atoms with Crippen LogP contribution >= 0.6 is 0 Å². The van der Waals surface area contributed by atoms with Gasteiger partial charge >= 0.3 is 0 Å². The molecular formula is C9H10F2O3S. The molecule has 0 fully saturated rings. The number of hydrogen-bond acceptors (Lipinski definition) is 3. The first-order valence-corrected chi connectivity index (χ1v) is 5.66. The molecule has 0 aliphatic carbocycles. The van der Waals surface area contributed by atoms with Gasteiger partial charge in [-0.05, 0) is 18.6 Å². The molecule has 3 nitrogen and oxygen atoms in total. The molecule has 6 heteroatoms. The van der Waals surface area contributed by atoms with E-state index >= 15 is 0 Å². The minimum absolute atomic E-state index is 0.101. The van der Waals surface area contributed by atoms with Gasteiger partial charge in [-0.3, -0.25) is 4.18 Å². The molecule has 84 valence electrons. The molecule has 1 rings (SSSR count). The van der Waals surface area contributed by atoms with Crippen LogP contribution in [0.4, 0.5) is 8.78 Å². The van der Waals surface area contributed by atoms with E-state index in [0.29, 0.717) is 6.07 Å². The predicted molar refractivity (Wildman–Crippen MR) is 50.7 cm³/mol. The third-order valence-electron chi connectivity index (χ3n) is 1.91. The van der Waals surface area contributed by atoms with E-state index < -0.39 is 27.5 Å². The maximum atomic E-state index is 13.1. The van der Waals surface area contributed by atoms with Crippen molar-refractivity contribution >= 4 is 10.1 Å². The van der Waals surface area contributed by atoms with Gasteiger partial charge in [-0.2, -0.15) is 8.42 Å². The summed E-state index contributed by atoms with van der Waals surface area (Å²) in [6.45, 7) is 1.43. The lowest BCUT2D eigenvalue weighted by Gasteiger charge is -2.05. The van der Waals surface area contributed by atoms with Crippen LogP contribution in [0, 0.1) is 18.6 Å². The Kier molecular flexibility index (Phi) is 3.41. The van der Waals surface area contributed by atoms with E-state index in [1.165, 1.54) is 6.92 Å². The van der Waals surface area contributed by atoms with Gasteiger partial charge in [0.2, 0.25) is 0 Å². The first-order valence-electron chi connectivity index (χ1n) is 4.08. The highest BCUT2D eigenvalue weighted by Crippen LogP contribution is 2.16. The van der Waals surface area contributed by atoms with Crippen molar-refractivity contribution in [2.75, 3.05) is 7.11 Å². The van der Waals surface area contributed by atoms with Gasteiger partial charge in [0.15, 0.2) is 0 Å². The average Bonchev–Trinajstić information content (AvgIpc) is 2.14. The largest absolute Gasteiger partial charge is 0.273 e. The van der Waals surface area contributed by atoms with Crippen LogP contribution in [0.1, 0.15) is 11.1 Å². The molecule has 0 amide bonds. The average molecular weight is 236 g/mol. The number of rotatable bonds is 3. The van der Waals surface area contributed by atoms with E-state index in [-0.39, 0.29) is 11.1 Å². The Bertz CT molecular complexity index is 468. The van der Waals surface area contributed by atoms with Crippen LogP contribution < -0.4 is 0 Å². The van der Waals surface area contributed by atoms with Crippen LogP contribution in [0.3, 0.4) is 0 Å². The molecule has 0 saturated heterocycles. The molecule has 0 N–H and O–H groups in total. The molecule has 0 bridgehead atoms. The molecule has 15 heavy (non-hydrogen) atoms. The first-order chi connectivity index (χ1) is 6.85. The number of halogens is 2. The highest BCUT2D eigenvalue weighted by atomic mass is 32.2. The van der Waals surface area contributed by atoms with E-state index in [0.717, 1.165) is 13.2 Å². The SMILES string of the molecule is COS(=O)(=O)Cc1cc(C)c(F)cc1F. The summed E-state index contributed by atoms with van der Waals surface area (Å²) in [6, 6.07) is 1.82. The molecule has 0 atom stereocenters. The van der Waals surface area contributed by atoms with E-state index in [1.807, 2.05) is 0 Å². The molecule has 0 aromatic heterocycles. The van der Waals surface area contributed by atoms with Crippen LogP contribution in [0.25, 0.3) is 0 Å². The number of hydrogen-bond donors (Lipinski definition) is 0. The Morgan fingerprint density at radius 1 is 1.27 bits per heavy atom. The monoisotopic (exact) mass is 236 g/mol. The molecular weight excluding hydrogens is 226 g/mol. The zero-order valence-corrected chi connectivity index (χ0v) is 9.07. The summed E-state index contributed by atoms with van der Waals surface area (Å²) in [5.74, 6) is -2.19. The fraction of sp³-hybridized carbons (Fsp3) is 0.333. The Hall–Kier alpha value is -1.01. The van der Waals surface area contributed by atoms with E-state index in [4.69, 9.17) is 0 Å². The van der Waals surface area contributed by atoms with Crippen LogP contribution in [0.5, 0.6) is 0 Å². The van der Waals surface area contributed by atoms with E-state index in [2.05, 4.69) is 4.18 Å². The van der Waals surface area contributed by atoms with Crippen LogP contribution in [0.15, 0.2) is 12.1 Å². The van der Waals surface area contributed by atoms with E-state index in [9.17, 15) is 17.2 Å². The van der Waals surface area contributed by atoms with Gasteiger partial charge in [-0.25, -0.2) is 8.78 Å². The molecule has 0 aliphatic heterocycles. The molecule has 0 unspecified atom stereocenters. The molecule has 0 radical (unpaired) electrons. The van der Waals surface area contributed by atoms with Crippen molar-refractivity contribution in [3.8, 4) is 0 Å². The Balaban J connectivity index is 3.12. The van der Waals surface area contributed by atoms with Crippen molar-refractivity contribution in [3.63, 3.8) is 0 Å². The zero-order valence-electron chi connectivity index (χ0n) is 8.25. The minimum Gasteiger partial charge on any atom is -0.273 e. The van der Waals surface area contributed by atoms with Gasteiger partial charge in [-0.1, -0.05) is 0 Å². The van der Waals surface area contributed by atoms with Crippen LogP contribution in [-0.2, 0) is 20.1 Å². The zero-order chi connectivity index (χ0) is 11.6. The molecule has 1 aromatic carbocycles. The fourth-order valence-corrected chi connectivity index (χ4v) is 1.80. The van der Waals surface area contributed by atoms with Crippen molar-refractivity contribution in [2.24, 2.45) is 0 Å². The molecule has 0 spiro atoms. The molecule has 0 aliphatic rings. The lowest BCUT2D eigenvalue weighted by molar-refractivity contribution is 0.396. The topological polar surface area (TPSA) is 43.4 Å². The third kappa shape index (κ3) is 2.97. The lowest BCUT2D eigenvalue weighted by atomic mass is 10.1. The standard InChI is InChI=1S/C9H10F2O3S/c1-6-3-7(5-15(12,13)14-2)9(11)4-8(6)10/h3-4H,5H2,1-2H3. The van der Waals surface area contributed by atoms with E-state index in [1.54, 1.807) is 0 Å². The van der Waals surface area contributed by atoms with Gasteiger partial charge in [0, 0.05) is 11.6 Å². The van der Waals surface area contributed by atoms with Crippen molar-refractivity contribution in [3.05, 3.63) is 34.9 Å². The summed E-state index contributed by atoms with van der Waals surface area (Å²) < 4.78 is 52.2. The number of aryl methyl sites for hydroxylation is 1. The summed E-state index contributed by atoms with van der Waals surface area (Å²) in [5.41, 5.74) is 0.0912. The van der Waals surface area contributed by atoms with Crippen molar-refractivity contribution in [1.82, 2.24) is 0 Å². The van der Waals surface area contributed by atoms with Gasteiger partial charge in [0.1, 0.15) is 17.4 Å². The predicted octanol–water partition coefficient (Wildman–Crippen LogP) is 1.75. The summed E-state index contributed by atoms with van der Waals surface area (Å²) in [6.07, 6.45) is 0. The quantitative estimate of drug-likeness (QED) is 0.751. The van der Waals surface area contributed by atoms with Gasteiger partial charge in [0.05, 0.1) is 7.11 Å². The van der Waals surface area contributed by atoms with Crippen LogP contribution in [-0.4, -0.2) is 15.5 Å². The summed E-state index contributed by atoms with van der Waals surface area (Å²) in [4.78, 5) is 0. The second-order valence-electron chi connectivity index (χ2n) is 3.06. The van der Waals surface area contributed by atoms with Crippen molar-refractivity contribution in [1.29, 1.82) is 0 Å². The van der Waals surface area contributed by atoms with Gasteiger partial charge < -0.3 is 0 Å². The second kappa shape index (κ2) is 4.24. The first kappa shape index (κ1) is 12.1. The van der Waals surface area contributed by atoms with Gasteiger partial charge in [0.25, 0.3) is 10.1 Å². The maximum Gasteiger partial charge on any atom is 0.271 e. The Morgan fingerprint density at radius 3 is 2.40 bits per heavy atom. The maximum absolute atomic E-state index is 13.1. The summed E-state index contributed by atoms with van der Waals surface area (Å²) in [7, 11) is -2.80. The van der Waals surface area contributed by atoms with Crippen molar-refractivity contribution in [2.45, 2.75) is 12.7 Å². The van der Waals surface area contributed by atoms with Crippen molar-refractivity contribution < 1.29 is 21.4 Å². The summed E-state index contributed by atoms with van der Waals surface area (Å²) in [5, 5.41) is 0. The Morgan fingerprint density at radius 2 is 1.87 bits per heavy atom. The third-order valence-corrected chi connectivity index (χ3v) is 3.09. The number of benzene rings is 1. The highest BCUT2D eigenvalue weighted by Gasteiger charge is 2.15. The lowest BCUT2D eigenvalue weighted by Crippen LogP contribution is -2.08. The highest BCUT2D eigenvalue weighted by molar-refractivity contribution is 7.85. The smallest absolute Gasteiger partial charge is 0.271 e. The summed E-state index contributed by atoms with van der Waals surface area (Å²) >= 11 is 0.